The molecule has 1 heterocycles. The van der Waals surface area contributed by atoms with Crippen LogP contribution in [0, 0.1) is 0 Å². The van der Waals surface area contributed by atoms with E-state index in [1.807, 2.05) is 24.3 Å². The van der Waals surface area contributed by atoms with Gasteiger partial charge in [-0.2, -0.15) is 0 Å². The molecule has 18 heavy (non-hydrogen) atoms. The summed E-state index contributed by atoms with van der Waals surface area (Å²) in [7, 11) is 0. The highest BCUT2D eigenvalue weighted by Gasteiger charge is 2.00. The third kappa shape index (κ3) is 3.08. The van der Waals surface area contributed by atoms with E-state index < -0.39 is 0 Å². The summed E-state index contributed by atoms with van der Waals surface area (Å²) >= 11 is 0. The maximum Gasteiger partial charge on any atom is 0.260 e. The molecule has 8 heteroatoms. The zero-order chi connectivity index (χ0) is 12.8. The van der Waals surface area contributed by atoms with Gasteiger partial charge in [0.25, 0.3) is 5.95 Å². The number of aliphatic hydroxyl groups is 1. The summed E-state index contributed by atoms with van der Waals surface area (Å²) < 4.78 is 5.25. The molecule has 0 unspecified atom stereocenters. The van der Waals surface area contributed by atoms with E-state index in [0.717, 1.165) is 11.3 Å². The maximum absolute atomic E-state index is 8.63. The van der Waals surface area contributed by atoms with Gasteiger partial charge in [0.2, 0.25) is 0 Å². The third-order valence-corrected chi connectivity index (χ3v) is 2.21. The Morgan fingerprint density at radius 1 is 1.33 bits per heavy atom. The number of aromatic nitrogens is 4. The fourth-order valence-corrected chi connectivity index (χ4v) is 1.34. The minimum atomic E-state index is 0.00187. The first kappa shape index (κ1) is 12.1. The quantitative estimate of drug-likeness (QED) is 0.625. The summed E-state index contributed by atoms with van der Waals surface area (Å²) in [6, 6.07) is 7.46. The van der Waals surface area contributed by atoms with Crippen LogP contribution in [0.4, 0.5) is 5.95 Å². The van der Waals surface area contributed by atoms with Crippen molar-refractivity contribution in [2.45, 2.75) is 6.54 Å². The molecule has 1 aromatic heterocycles. The minimum absolute atomic E-state index is 0.00187. The van der Waals surface area contributed by atoms with Crippen molar-refractivity contribution in [3.05, 3.63) is 29.8 Å². The first-order valence-electron chi connectivity index (χ1n) is 5.40. The molecular formula is C10H14N6O2. The Balaban J connectivity index is 1.88. The Kier molecular flexibility index (Phi) is 3.92. The topological polar surface area (TPSA) is 111 Å². The van der Waals surface area contributed by atoms with Gasteiger partial charge in [-0.25, -0.2) is 0 Å². The molecule has 0 spiro atoms. The maximum atomic E-state index is 8.63. The van der Waals surface area contributed by atoms with Crippen molar-refractivity contribution < 1.29 is 9.84 Å². The van der Waals surface area contributed by atoms with Gasteiger partial charge in [0.15, 0.2) is 0 Å². The molecule has 2 rings (SSSR count). The fourth-order valence-electron chi connectivity index (χ4n) is 1.34. The van der Waals surface area contributed by atoms with Crippen LogP contribution in [-0.4, -0.2) is 38.6 Å². The summed E-state index contributed by atoms with van der Waals surface area (Å²) in [5.41, 5.74) is 9.48. The standard InChI is InChI=1S/C10H14N6O2/c11-10-13-14-15-16(10)12-7-8-1-3-9(4-2-8)18-6-5-17/h1-4,12,17H,5-7H2,(H2,11,13,15). The molecule has 1 aromatic carbocycles. The molecule has 2 aromatic rings. The van der Waals surface area contributed by atoms with Gasteiger partial charge in [0.05, 0.1) is 13.2 Å². The molecule has 0 saturated heterocycles. The number of nitrogens with two attached hydrogens (primary N) is 1. The van der Waals surface area contributed by atoms with Crippen LogP contribution in [0.1, 0.15) is 5.56 Å². The van der Waals surface area contributed by atoms with Crippen molar-refractivity contribution in [1.29, 1.82) is 0 Å². The largest absolute Gasteiger partial charge is 0.491 e. The first-order chi connectivity index (χ1) is 8.79. The SMILES string of the molecule is Nc1nnnn1NCc1ccc(OCCO)cc1. The highest BCUT2D eigenvalue weighted by Crippen LogP contribution is 2.12. The van der Waals surface area contributed by atoms with Gasteiger partial charge in [-0.3, -0.25) is 0 Å². The van der Waals surface area contributed by atoms with Crippen LogP contribution < -0.4 is 15.9 Å². The molecule has 8 nitrogen and oxygen atoms in total. The van der Waals surface area contributed by atoms with Crippen LogP contribution in [0.2, 0.25) is 0 Å². The zero-order valence-electron chi connectivity index (χ0n) is 9.65. The number of ether oxygens (including phenoxy) is 1. The van der Waals surface area contributed by atoms with Crippen LogP contribution in [0.5, 0.6) is 5.75 Å². The van der Waals surface area contributed by atoms with Crippen molar-refractivity contribution in [2.24, 2.45) is 0 Å². The molecule has 0 saturated carbocycles. The van der Waals surface area contributed by atoms with Crippen molar-refractivity contribution in [2.75, 3.05) is 24.4 Å². The molecule has 0 aliphatic carbocycles. The van der Waals surface area contributed by atoms with E-state index in [2.05, 4.69) is 21.0 Å². The Morgan fingerprint density at radius 2 is 2.11 bits per heavy atom. The van der Waals surface area contributed by atoms with Crippen LogP contribution in [0.25, 0.3) is 0 Å². The second-order valence-corrected chi connectivity index (χ2v) is 3.50. The predicted molar refractivity (Wildman–Crippen MR) is 64.3 cm³/mol. The fraction of sp³-hybridized carbons (Fsp3) is 0.300. The van der Waals surface area contributed by atoms with Crippen molar-refractivity contribution in [3.8, 4) is 5.75 Å². The van der Waals surface area contributed by atoms with Gasteiger partial charge in [-0.15, -0.1) is 4.79 Å². The number of benzene rings is 1. The average Bonchev–Trinajstić information content (AvgIpc) is 2.81. The molecule has 0 fully saturated rings. The Morgan fingerprint density at radius 3 is 2.72 bits per heavy atom. The van der Waals surface area contributed by atoms with Gasteiger partial charge in [0.1, 0.15) is 12.4 Å². The summed E-state index contributed by atoms with van der Waals surface area (Å²) in [4.78, 5) is 1.30. The second kappa shape index (κ2) is 5.82. The van der Waals surface area contributed by atoms with E-state index in [9.17, 15) is 0 Å². The number of nitrogens with zero attached hydrogens (tertiary/aromatic N) is 4. The molecule has 0 bridgehead atoms. The van der Waals surface area contributed by atoms with Gasteiger partial charge >= 0.3 is 0 Å². The number of hydrogen-bond acceptors (Lipinski definition) is 7. The summed E-state index contributed by atoms with van der Waals surface area (Å²) in [6.45, 7) is 0.830. The van der Waals surface area contributed by atoms with E-state index in [0.29, 0.717) is 13.2 Å². The van der Waals surface area contributed by atoms with Gasteiger partial charge in [-0.1, -0.05) is 17.2 Å². The lowest BCUT2D eigenvalue weighted by molar-refractivity contribution is 0.201. The highest BCUT2D eigenvalue weighted by molar-refractivity contribution is 5.28. The van der Waals surface area contributed by atoms with Crippen molar-refractivity contribution in [3.63, 3.8) is 0 Å². The van der Waals surface area contributed by atoms with E-state index in [1.54, 1.807) is 0 Å². The second-order valence-electron chi connectivity index (χ2n) is 3.50. The Hall–Kier alpha value is -2.35. The third-order valence-electron chi connectivity index (χ3n) is 2.21. The van der Waals surface area contributed by atoms with Crippen molar-refractivity contribution >= 4 is 5.95 Å². The van der Waals surface area contributed by atoms with Crippen LogP contribution >= 0.6 is 0 Å². The molecule has 0 atom stereocenters. The van der Waals surface area contributed by atoms with Crippen LogP contribution in [-0.2, 0) is 6.54 Å². The molecule has 96 valence electrons. The van der Waals surface area contributed by atoms with E-state index in [4.69, 9.17) is 15.6 Å². The average molecular weight is 250 g/mol. The lowest BCUT2D eigenvalue weighted by atomic mass is 10.2. The van der Waals surface area contributed by atoms with E-state index in [1.165, 1.54) is 4.79 Å². The van der Waals surface area contributed by atoms with Crippen LogP contribution in [0.15, 0.2) is 24.3 Å². The number of rotatable bonds is 6. The zero-order valence-corrected chi connectivity index (χ0v) is 9.65. The lowest BCUT2D eigenvalue weighted by Gasteiger charge is -2.07. The number of aliphatic hydroxyl groups excluding tert-OH is 1. The summed E-state index contributed by atoms with van der Waals surface area (Å²) in [5, 5.41) is 19.2. The lowest BCUT2D eigenvalue weighted by Crippen LogP contribution is -2.18. The Labute approximate surface area is 103 Å². The number of hydrogen-bond donors (Lipinski definition) is 3. The van der Waals surface area contributed by atoms with E-state index >= 15 is 0 Å². The predicted octanol–water partition coefficient (Wildman–Crippen LogP) is -0.630. The molecular weight excluding hydrogens is 236 g/mol. The number of nitrogens with one attached hydrogen (secondary N) is 1. The van der Waals surface area contributed by atoms with E-state index in [-0.39, 0.29) is 12.6 Å². The summed E-state index contributed by atoms with van der Waals surface area (Å²) in [5.74, 6) is 0.924. The van der Waals surface area contributed by atoms with Gasteiger partial charge in [-0.05, 0) is 28.1 Å². The monoisotopic (exact) mass is 250 g/mol. The number of nitrogen functional groups attached to an aromatic ring is 1. The van der Waals surface area contributed by atoms with Gasteiger partial charge in [0, 0.05) is 0 Å². The number of tetrazole rings is 1. The minimum Gasteiger partial charge on any atom is -0.491 e. The first-order valence-corrected chi connectivity index (χ1v) is 5.40. The van der Waals surface area contributed by atoms with Crippen LogP contribution in [0.3, 0.4) is 0 Å². The Bertz CT molecular complexity index is 483. The van der Waals surface area contributed by atoms with Crippen molar-refractivity contribution in [1.82, 2.24) is 20.3 Å². The normalized spacial score (nSPS) is 10.3. The molecule has 0 radical (unpaired) electrons. The smallest absolute Gasteiger partial charge is 0.260 e. The molecule has 0 amide bonds. The summed E-state index contributed by atoms with van der Waals surface area (Å²) in [6.07, 6.45) is 0. The molecule has 0 aliphatic rings. The van der Waals surface area contributed by atoms with Gasteiger partial charge < -0.3 is 21.0 Å². The number of anilines is 1. The highest BCUT2D eigenvalue weighted by atomic mass is 16.5. The molecule has 0 aliphatic heterocycles. The molecule has 4 N–H and O–H groups in total.